The summed E-state index contributed by atoms with van der Waals surface area (Å²) in [6.07, 6.45) is 1.33. The fraction of sp³-hybridized carbons (Fsp3) is 0. The summed E-state index contributed by atoms with van der Waals surface area (Å²) >= 11 is 9.23. The van der Waals surface area contributed by atoms with Gasteiger partial charge in [0.25, 0.3) is 0 Å². The number of aromatic nitrogens is 1. The highest BCUT2D eigenvalue weighted by Crippen LogP contribution is 2.25. The Hall–Kier alpha value is -2.12. The Kier molecular flexibility index (Phi) is 4.77. The van der Waals surface area contributed by atoms with Gasteiger partial charge in [0.05, 0.1) is 16.4 Å². The number of amides is 2. The van der Waals surface area contributed by atoms with Crippen molar-refractivity contribution in [1.82, 2.24) is 4.98 Å². The number of carbonyl (C=O) groups is 2. The van der Waals surface area contributed by atoms with Gasteiger partial charge in [0.2, 0.25) is 0 Å². The number of halogens is 2. The number of hydrogen-bond acceptors (Lipinski definition) is 3. The van der Waals surface area contributed by atoms with E-state index in [9.17, 15) is 9.59 Å². The predicted octanol–water partition coefficient (Wildman–Crippen LogP) is 3.84. The molecule has 1 heterocycles. The lowest BCUT2D eigenvalue weighted by molar-refractivity contribution is 0.0692. The molecular formula is C13H9BrClN3O3. The number of anilines is 2. The second kappa shape index (κ2) is 6.55. The molecule has 108 valence electrons. The highest BCUT2D eigenvalue weighted by molar-refractivity contribution is 9.10. The molecule has 21 heavy (non-hydrogen) atoms. The average Bonchev–Trinajstić information content (AvgIpc) is 2.42. The van der Waals surface area contributed by atoms with Gasteiger partial charge in [-0.05, 0) is 30.3 Å². The topological polar surface area (TPSA) is 91.3 Å². The van der Waals surface area contributed by atoms with Gasteiger partial charge in [0.15, 0.2) is 5.69 Å². The van der Waals surface area contributed by atoms with Crippen molar-refractivity contribution in [3.8, 4) is 0 Å². The van der Waals surface area contributed by atoms with E-state index < -0.39 is 12.0 Å². The number of aromatic carboxylic acids is 1. The van der Waals surface area contributed by atoms with Crippen LogP contribution in [0.5, 0.6) is 0 Å². The summed E-state index contributed by atoms with van der Waals surface area (Å²) in [7, 11) is 0. The third-order valence-corrected chi connectivity index (χ3v) is 3.24. The average molecular weight is 371 g/mol. The summed E-state index contributed by atoms with van der Waals surface area (Å²) in [6, 6.07) is 7.31. The number of hydrogen-bond donors (Lipinski definition) is 3. The molecule has 2 rings (SSSR count). The van der Waals surface area contributed by atoms with Gasteiger partial charge in [-0.25, -0.2) is 14.6 Å². The maximum absolute atomic E-state index is 11.9. The molecule has 2 aromatic rings. The van der Waals surface area contributed by atoms with Crippen LogP contribution in [-0.2, 0) is 0 Å². The predicted molar refractivity (Wildman–Crippen MR) is 83.0 cm³/mol. The molecule has 8 heteroatoms. The highest BCUT2D eigenvalue weighted by atomic mass is 79.9. The fourth-order valence-corrected chi connectivity index (χ4v) is 2.26. The van der Waals surface area contributed by atoms with Crippen LogP contribution in [0.3, 0.4) is 0 Å². The molecule has 0 radical (unpaired) electrons. The number of pyridine rings is 1. The Morgan fingerprint density at radius 2 is 1.90 bits per heavy atom. The second-order valence-electron chi connectivity index (χ2n) is 3.91. The summed E-state index contributed by atoms with van der Waals surface area (Å²) in [6.45, 7) is 0. The van der Waals surface area contributed by atoms with E-state index in [2.05, 4.69) is 31.5 Å². The van der Waals surface area contributed by atoms with Gasteiger partial charge >= 0.3 is 12.0 Å². The zero-order valence-corrected chi connectivity index (χ0v) is 12.8. The van der Waals surface area contributed by atoms with Crippen molar-refractivity contribution in [3.05, 3.63) is 51.7 Å². The normalized spacial score (nSPS) is 10.0. The van der Waals surface area contributed by atoms with Crippen LogP contribution in [-0.4, -0.2) is 22.1 Å². The number of nitrogens with zero attached hydrogens (tertiary/aromatic N) is 1. The number of carbonyl (C=O) groups excluding carboxylic acids is 1. The van der Waals surface area contributed by atoms with Crippen LogP contribution in [0.2, 0.25) is 5.02 Å². The van der Waals surface area contributed by atoms with Crippen molar-refractivity contribution in [2.75, 3.05) is 10.6 Å². The number of rotatable bonds is 3. The van der Waals surface area contributed by atoms with E-state index >= 15 is 0 Å². The zero-order valence-electron chi connectivity index (χ0n) is 10.4. The standard InChI is InChI=1S/C13H9BrClN3O3/c14-7-3-4-9(8(15)6-7)17-13(21)18-10-2-1-5-16-11(10)12(19)20/h1-6H,(H,19,20)(H2,17,18,21). The van der Waals surface area contributed by atoms with Crippen molar-refractivity contribution >= 4 is 50.9 Å². The summed E-state index contributed by atoms with van der Waals surface area (Å²) in [5, 5.41) is 14.3. The molecule has 0 unspecified atom stereocenters. The van der Waals surface area contributed by atoms with Gasteiger partial charge in [0.1, 0.15) is 0 Å². The van der Waals surface area contributed by atoms with Crippen LogP contribution >= 0.6 is 27.5 Å². The second-order valence-corrected chi connectivity index (χ2v) is 5.23. The van der Waals surface area contributed by atoms with Gasteiger partial charge < -0.3 is 15.7 Å². The van der Waals surface area contributed by atoms with Crippen molar-refractivity contribution in [2.45, 2.75) is 0 Å². The molecule has 3 N–H and O–H groups in total. The van der Waals surface area contributed by atoms with Crippen LogP contribution in [0.4, 0.5) is 16.2 Å². The largest absolute Gasteiger partial charge is 0.476 e. The third kappa shape index (κ3) is 3.93. The summed E-state index contributed by atoms with van der Waals surface area (Å²) < 4.78 is 0.777. The minimum absolute atomic E-state index is 0.0933. The van der Waals surface area contributed by atoms with Crippen molar-refractivity contribution in [2.24, 2.45) is 0 Å². The first kappa shape index (κ1) is 15.3. The lowest BCUT2D eigenvalue weighted by Crippen LogP contribution is -2.21. The van der Waals surface area contributed by atoms with Gasteiger partial charge in [-0.15, -0.1) is 0 Å². The van der Waals surface area contributed by atoms with Crippen molar-refractivity contribution in [3.63, 3.8) is 0 Å². The number of urea groups is 1. The number of benzene rings is 1. The zero-order chi connectivity index (χ0) is 15.4. The quantitative estimate of drug-likeness (QED) is 0.765. The first-order chi connectivity index (χ1) is 9.97. The lowest BCUT2D eigenvalue weighted by atomic mass is 10.3. The molecule has 0 fully saturated rings. The van der Waals surface area contributed by atoms with E-state index in [4.69, 9.17) is 16.7 Å². The van der Waals surface area contributed by atoms with E-state index in [0.717, 1.165) is 4.47 Å². The van der Waals surface area contributed by atoms with Crippen LogP contribution in [0.15, 0.2) is 41.0 Å². The summed E-state index contributed by atoms with van der Waals surface area (Å²) in [4.78, 5) is 26.6. The SMILES string of the molecule is O=C(Nc1ccc(Br)cc1Cl)Nc1cccnc1C(=O)O. The van der Waals surface area contributed by atoms with Crippen LogP contribution in [0, 0.1) is 0 Å². The molecule has 0 aliphatic carbocycles. The number of nitrogens with one attached hydrogen (secondary N) is 2. The van der Waals surface area contributed by atoms with Crippen LogP contribution in [0.1, 0.15) is 10.5 Å². The smallest absolute Gasteiger partial charge is 0.356 e. The minimum atomic E-state index is -1.23. The van der Waals surface area contributed by atoms with Crippen LogP contribution < -0.4 is 10.6 Å². The molecular weight excluding hydrogens is 362 g/mol. The van der Waals surface area contributed by atoms with Crippen molar-refractivity contribution in [1.29, 1.82) is 0 Å². The minimum Gasteiger partial charge on any atom is -0.476 e. The molecule has 1 aromatic carbocycles. The van der Waals surface area contributed by atoms with Crippen molar-refractivity contribution < 1.29 is 14.7 Å². The maximum Gasteiger partial charge on any atom is 0.356 e. The molecule has 0 saturated heterocycles. The molecule has 0 saturated carbocycles. The summed E-state index contributed by atoms with van der Waals surface area (Å²) in [5.41, 5.74) is 0.253. The fourth-order valence-electron chi connectivity index (χ4n) is 1.54. The molecule has 2 amide bonds. The Labute approximate surface area is 133 Å². The molecule has 0 aliphatic heterocycles. The number of carboxylic acid groups (broad SMARTS) is 1. The molecule has 1 aromatic heterocycles. The van der Waals surface area contributed by atoms with E-state index in [1.54, 1.807) is 18.2 Å². The first-order valence-corrected chi connectivity index (χ1v) is 6.86. The van der Waals surface area contributed by atoms with Gasteiger partial charge in [-0.2, -0.15) is 0 Å². The van der Waals surface area contributed by atoms with E-state index in [1.165, 1.54) is 18.3 Å². The third-order valence-electron chi connectivity index (χ3n) is 2.44. The molecule has 6 nitrogen and oxygen atoms in total. The maximum atomic E-state index is 11.9. The van der Waals surface area contributed by atoms with Gasteiger partial charge in [-0.1, -0.05) is 27.5 Å². The van der Waals surface area contributed by atoms with Gasteiger partial charge in [-0.3, -0.25) is 0 Å². The Morgan fingerprint density at radius 1 is 1.19 bits per heavy atom. The first-order valence-electron chi connectivity index (χ1n) is 5.69. The van der Waals surface area contributed by atoms with E-state index in [-0.39, 0.29) is 11.4 Å². The van der Waals surface area contributed by atoms with E-state index in [1.807, 2.05) is 0 Å². The Balaban J connectivity index is 2.14. The number of carboxylic acids is 1. The summed E-state index contributed by atoms with van der Waals surface area (Å²) in [5.74, 6) is -1.23. The lowest BCUT2D eigenvalue weighted by Gasteiger charge is -2.10. The Morgan fingerprint density at radius 3 is 2.57 bits per heavy atom. The van der Waals surface area contributed by atoms with Gasteiger partial charge in [0, 0.05) is 10.7 Å². The highest BCUT2D eigenvalue weighted by Gasteiger charge is 2.14. The van der Waals surface area contributed by atoms with E-state index in [0.29, 0.717) is 10.7 Å². The van der Waals surface area contributed by atoms with Crippen LogP contribution in [0.25, 0.3) is 0 Å². The molecule has 0 spiro atoms. The molecule has 0 bridgehead atoms. The molecule has 0 aliphatic rings. The molecule has 0 atom stereocenters. The Bertz CT molecular complexity index is 709. The monoisotopic (exact) mass is 369 g/mol.